The van der Waals surface area contributed by atoms with E-state index < -0.39 is 0 Å². The van der Waals surface area contributed by atoms with E-state index in [0.717, 1.165) is 11.4 Å². The summed E-state index contributed by atoms with van der Waals surface area (Å²) in [6, 6.07) is 1.95. The lowest BCUT2D eigenvalue weighted by atomic mass is 10.3. The molecule has 0 spiro atoms. The fourth-order valence-corrected chi connectivity index (χ4v) is 1.39. The maximum absolute atomic E-state index is 5.89. The average molecular weight is 226 g/mol. The average Bonchev–Trinajstić information content (AvgIpc) is 2.76. The summed E-state index contributed by atoms with van der Waals surface area (Å²) in [4.78, 5) is 0. The zero-order valence-electron chi connectivity index (χ0n) is 8.63. The molecule has 15 heavy (non-hydrogen) atoms. The monoisotopic (exact) mass is 225 g/mol. The SMILES string of the molecule is CC(Cl)c1cn(Cc2ccn(C)n2)nn1. The zero-order chi connectivity index (χ0) is 10.8. The summed E-state index contributed by atoms with van der Waals surface area (Å²) in [7, 11) is 1.89. The molecule has 2 rings (SSSR count). The van der Waals surface area contributed by atoms with E-state index in [9.17, 15) is 0 Å². The van der Waals surface area contributed by atoms with Crippen LogP contribution in [0.25, 0.3) is 0 Å². The van der Waals surface area contributed by atoms with Gasteiger partial charge in [-0.15, -0.1) is 16.7 Å². The number of hydrogen-bond acceptors (Lipinski definition) is 3. The Morgan fingerprint density at radius 2 is 2.33 bits per heavy atom. The molecule has 1 atom stereocenters. The maximum atomic E-state index is 5.89. The van der Waals surface area contributed by atoms with Crippen LogP contribution in [-0.2, 0) is 13.6 Å². The molecule has 0 radical (unpaired) electrons. The van der Waals surface area contributed by atoms with E-state index in [4.69, 9.17) is 11.6 Å². The Balaban J connectivity index is 2.11. The zero-order valence-corrected chi connectivity index (χ0v) is 9.39. The van der Waals surface area contributed by atoms with Crippen molar-refractivity contribution in [1.82, 2.24) is 24.8 Å². The van der Waals surface area contributed by atoms with Crippen molar-refractivity contribution in [2.75, 3.05) is 0 Å². The third-order valence-electron chi connectivity index (χ3n) is 2.06. The van der Waals surface area contributed by atoms with Crippen molar-refractivity contribution in [2.24, 2.45) is 7.05 Å². The second kappa shape index (κ2) is 4.02. The Labute approximate surface area is 92.7 Å². The minimum Gasteiger partial charge on any atom is -0.275 e. The lowest BCUT2D eigenvalue weighted by Crippen LogP contribution is -2.01. The number of alkyl halides is 1. The van der Waals surface area contributed by atoms with Gasteiger partial charge in [0.25, 0.3) is 0 Å². The van der Waals surface area contributed by atoms with E-state index in [0.29, 0.717) is 6.54 Å². The highest BCUT2D eigenvalue weighted by atomic mass is 35.5. The van der Waals surface area contributed by atoms with Crippen molar-refractivity contribution in [3.05, 3.63) is 29.8 Å². The lowest BCUT2D eigenvalue weighted by molar-refractivity contribution is 0.624. The normalized spacial score (nSPS) is 13.0. The minimum atomic E-state index is -0.109. The predicted octanol–water partition coefficient (Wildman–Crippen LogP) is 1.36. The van der Waals surface area contributed by atoms with Crippen LogP contribution in [0.5, 0.6) is 0 Å². The van der Waals surface area contributed by atoms with Gasteiger partial charge in [-0.2, -0.15) is 5.10 Å². The molecule has 0 N–H and O–H groups in total. The van der Waals surface area contributed by atoms with E-state index in [-0.39, 0.29) is 5.38 Å². The van der Waals surface area contributed by atoms with Gasteiger partial charge in [-0.1, -0.05) is 5.21 Å². The molecule has 0 aliphatic rings. The third kappa shape index (κ3) is 2.36. The van der Waals surface area contributed by atoms with Gasteiger partial charge in [-0.05, 0) is 13.0 Å². The lowest BCUT2D eigenvalue weighted by Gasteiger charge is -1.95. The van der Waals surface area contributed by atoms with Crippen molar-refractivity contribution in [1.29, 1.82) is 0 Å². The first-order chi connectivity index (χ1) is 7.15. The fraction of sp³-hybridized carbons (Fsp3) is 0.444. The van der Waals surface area contributed by atoms with Gasteiger partial charge in [0.15, 0.2) is 0 Å². The minimum absolute atomic E-state index is 0.109. The fourth-order valence-electron chi connectivity index (χ4n) is 1.29. The first-order valence-corrected chi connectivity index (χ1v) is 5.11. The van der Waals surface area contributed by atoms with Crippen molar-refractivity contribution in [2.45, 2.75) is 18.8 Å². The summed E-state index contributed by atoms with van der Waals surface area (Å²) in [5, 5.41) is 12.1. The molecule has 5 nitrogen and oxygen atoms in total. The van der Waals surface area contributed by atoms with Crippen LogP contribution < -0.4 is 0 Å². The van der Waals surface area contributed by atoms with E-state index in [1.165, 1.54) is 0 Å². The first kappa shape index (κ1) is 10.2. The van der Waals surface area contributed by atoms with Crippen LogP contribution in [-0.4, -0.2) is 24.8 Å². The third-order valence-corrected chi connectivity index (χ3v) is 2.28. The number of aryl methyl sites for hydroxylation is 1. The largest absolute Gasteiger partial charge is 0.275 e. The van der Waals surface area contributed by atoms with Gasteiger partial charge in [-0.3, -0.25) is 4.68 Å². The van der Waals surface area contributed by atoms with Gasteiger partial charge in [0, 0.05) is 13.2 Å². The van der Waals surface area contributed by atoms with E-state index in [1.807, 2.05) is 32.4 Å². The molecule has 2 aromatic rings. The standard InChI is InChI=1S/C9H12ClN5/c1-7(10)9-6-15(13-11-9)5-8-3-4-14(2)12-8/h3-4,6-7H,5H2,1-2H3. The molecule has 0 aromatic carbocycles. The molecule has 0 aliphatic heterocycles. The number of rotatable bonds is 3. The Hall–Kier alpha value is -1.36. The molecule has 0 saturated carbocycles. The molecule has 1 unspecified atom stereocenters. The van der Waals surface area contributed by atoms with Crippen LogP contribution in [0.15, 0.2) is 18.5 Å². The molecule has 6 heteroatoms. The van der Waals surface area contributed by atoms with Crippen LogP contribution in [0.4, 0.5) is 0 Å². The highest BCUT2D eigenvalue weighted by molar-refractivity contribution is 6.20. The molecule has 2 aromatic heterocycles. The summed E-state index contributed by atoms with van der Waals surface area (Å²) in [6.07, 6.45) is 3.74. The summed E-state index contributed by atoms with van der Waals surface area (Å²) >= 11 is 5.89. The summed E-state index contributed by atoms with van der Waals surface area (Å²) in [5.41, 5.74) is 1.74. The highest BCUT2D eigenvalue weighted by Gasteiger charge is 2.07. The van der Waals surface area contributed by atoms with Crippen LogP contribution in [0.3, 0.4) is 0 Å². The topological polar surface area (TPSA) is 48.5 Å². The van der Waals surface area contributed by atoms with Gasteiger partial charge in [0.2, 0.25) is 0 Å². The maximum Gasteiger partial charge on any atom is 0.100 e. The van der Waals surface area contributed by atoms with Gasteiger partial charge < -0.3 is 0 Å². The molecule has 80 valence electrons. The molecule has 2 heterocycles. The van der Waals surface area contributed by atoms with E-state index in [2.05, 4.69) is 15.4 Å². The highest BCUT2D eigenvalue weighted by Crippen LogP contribution is 2.15. The quantitative estimate of drug-likeness (QED) is 0.742. The van der Waals surface area contributed by atoms with Crippen LogP contribution in [0, 0.1) is 0 Å². The Bertz CT molecular complexity index is 445. The molecule has 0 bridgehead atoms. The van der Waals surface area contributed by atoms with Crippen LogP contribution >= 0.6 is 11.6 Å². The summed E-state index contributed by atoms with van der Waals surface area (Å²) < 4.78 is 3.49. The second-order valence-corrected chi connectivity index (χ2v) is 4.09. The molecule has 0 saturated heterocycles. The van der Waals surface area contributed by atoms with Crippen molar-refractivity contribution in [3.63, 3.8) is 0 Å². The smallest absolute Gasteiger partial charge is 0.100 e. The molecule has 0 fully saturated rings. The van der Waals surface area contributed by atoms with Crippen molar-refractivity contribution in [3.8, 4) is 0 Å². The van der Waals surface area contributed by atoms with Gasteiger partial charge in [0.1, 0.15) is 5.69 Å². The Morgan fingerprint density at radius 3 is 2.87 bits per heavy atom. The van der Waals surface area contributed by atoms with E-state index in [1.54, 1.807) is 9.36 Å². The van der Waals surface area contributed by atoms with Crippen molar-refractivity contribution < 1.29 is 0 Å². The molecule has 0 amide bonds. The van der Waals surface area contributed by atoms with Gasteiger partial charge in [0.05, 0.1) is 23.8 Å². The number of hydrogen-bond donors (Lipinski definition) is 0. The van der Waals surface area contributed by atoms with E-state index >= 15 is 0 Å². The summed E-state index contributed by atoms with van der Waals surface area (Å²) in [6.45, 7) is 2.49. The number of halogens is 1. The molecular formula is C9H12ClN5. The molecular weight excluding hydrogens is 214 g/mol. The summed E-state index contributed by atoms with van der Waals surface area (Å²) in [5.74, 6) is 0. The number of aromatic nitrogens is 5. The van der Waals surface area contributed by atoms with Gasteiger partial charge >= 0.3 is 0 Å². The van der Waals surface area contributed by atoms with Crippen LogP contribution in [0.1, 0.15) is 23.7 Å². The Kier molecular flexibility index (Phi) is 2.73. The van der Waals surface area contributed by atoms with Crippen molar-refractivity contribution >= 4 is 11.6 Å². The number of nitrogens with zero attached hydrogens (tertiary/aromatic N) is 5. The predicted molar refractivity (Wildman–Crippen MR) is 56.6 cm³/mol. The Morgan fingerprint density at radius 1 is 1.53 bits per heavy atom. The van der Waals surface area contributed by atoms with Gasteiger partial charge in [-0.25, -0.2) is 4.68 Å². The van der Waals surface area contributed by atoms with Crippen LogP contribution in [0.2, 0.25) is 0 Å². The first-order valence-electron chi connectivity index (χ1n) is 4.68. The second-order valence-electron chi connectivity index (χ2n) is 3.44. The molecule has 0 aliphatic carbocycles.